The van der Waals surface area contributed by atoms with Gasteiger partial charge in [0.1, 0.15) is 5.75 Å². The Labute approximate surface area is 133 Å². The molecule has 0 aromatic heterocycles. The largest absolute Gasteiger partial charge is 0.497 e. The smallest absolute Gasteiger partial charge is 0.220 e. The molecule has 1 amide bonds. The van der Waals surface area contributed by atoms with E-state index in [2.05, 4.69) is 5.32 Å². The summed E-state index contributed by atoms with van der Waals surface area (Å²) < 4.78 is 5.11. The molecule has 1 aromatic rings. The average molecular weight is 307 g/mol. The summed E-state index contributed by atoms with van der Waals surface area (Å²) in [7, 11) is 1.63. The predicted molar refractivity (Wildman–Crippen MR) is 89.0 cm³/mol. The lowest BCUT2D eigenvalue weighted by molar-refractivity contribution is -0.122. The highest BCUT2D eigenvalue weighted by Gasteiger charge is 2.30. The van der Waals surface area contributed by atoms with E-state index in [0.29, 0.717) is 19.4 Å². The van der Waals surface area contributed by atoms with E-state index in [-0.39, 0.29) is 17.2 Å². The number of hydrogen-bond donors (Lipinski definition) is 2. The van der Waals surface area contributed by atoms with Crippen LogP contribution in [0.5, 0.6) is 5.75 Å². The van der Waals surface area contributed by atoms with E-state index < -0.39 is 6.10 Å². The molecule has 4 heteroatoms. The number of rotatable bonds is 8. The van der Waals surface area contributed by atoms with E-state index in [0.717, 1.165) is 11.3 Å². The van der Waals surface area contributed by atoms with Crippen molar-refractivity contribution in [2.45, 2.75) is 46.6 Å². The van der Waals surface area contributed by atoms with Crippen LogP contribution >= 0.6 is 0 Å². The summed E-state index contributed by atoms with van der Waals surface area (Å²) in [6.45, 7) is 8.40. The van der Waals surface area contributed by atoms with Crippen LogP contribution in [0, 0.1) is 11.3 Å². The van der Waals surface area contributed by atoms with Crippen molar-refractivity contribution in [2.75, 3.05) is 13.7 Å². The number of aryl methyl sites for hydroxylation is 1. The monoisotopic (exact) mass is 307 g/mol. The van der Waals surface area contributed by atoms with Crippen LogP contribution in [0.1, 0.15) is 39.7 Å². The van der Waals surface area contributed by atoms with E-state index in [4.69, 9.17) is 4.74 Å². The van der Waals surface area contributed by atoms with Crippen molar-refractivity contribution in [3.8, 4) is 5.75 Å². The minimum atomic E-state index is -0.436. The summed E-state index contributed by atoms with van der Waals surface area (Å²) >= 11 is 0. The van der Waals surface area contributed by atoms with Crippen molar-refractivity contribution in [3.05, 3.63) is 29.8 Å². The third kappa shape index (κ3) is 5.68. The maximum Gasteiger partial charge on any atom is 0.220 e. The van der Waals surface area contributed by atoms with E-state index in [9.17, 15) is 9.90 Å². The summed E-state index contributed by atoms with van der Waals surface area (Å²) in [4.78, 5) is 12.0. The molecule has 0 aliphatic rings. The molecule has 2 N–H and O–H groups in total. The number of aliphatic hydroxyl groups excluding tert-OH is 1. The van der Waals surface area contributed by atoms with Crippen LogP contribution in [0.3, 0.4) is 0 Å². The predicted octanol–water partition coefficient (Wildman–Crippen LogP) is 2.79. The number of aliphatic hydroxyl groups is 1. The van der Waals surface area contributed by atoms with Gasteiger partial charge in [-0.25, -0.2) is 0 Å². The van der Waals surface area contributed by atoms with Gasteiger partial charge in [0.15, 0.2) is 0 Å². The molecule has 1 aromatic carbocycles. The molecule has 0 heterocycles. The summed E-state index contributed by atoms with van der Waals surface area (Å²) in [5.41, 5.74) is 0.779. The van der Waals surface area contributed by atoms with Crippen LogP contribution in [-0.2, 0) is 11.2 Å². The van der Waals surface area contributed by atoms with Crippen molar-refractivity contribution < 1.29 is 14.6 Å². The highest BCUT2D eigenvalue weighted by molar-refractivity contribution is 5.76. The Balaban J connectivity index is 2.40. The molecule has 124 valence electrons. The first kappa shape index (κ1) is 18.5. The second-order valence-corrected chi connectivity index (χ2v) is 6.80. The maximum atomic E-state index is 12.0. The Morgan fingerprint density at radius 1 is 1.27 bits per heavy atom. The van der Waals surface area contributed by atoms with E-state index in [1.165, 1.54) is 0 Å². The molecule has 0 saturated carbocycles. The van der Waals surface area contributed by atoms with Gasteiger partial charge in [-0.3, -0.25) is 4.79 Å². The first-order valence-electron chi connectivity index (χ1n) is 7.84. The fraction of sp³-hybridized carbons (Fsp3) is 0.611. The number of nitrogens with one attached hydrogen (secondary N) is 1. The number of carbonyl (C=O) groups excluding carboxylic acids is 1. The minimum absolute atomic E-state index is 0.0137. The summed E-state index contributed by atoms with van der Waals surface area (Å²) in [5.74, 6) is 1.00. The Morgan fingerprint density at radius 3 is 2.36 bits per heavy atom. The molecule has 4 nitrogen and oxygen atoms in total. The summed E-state index contributed by atoms with van der Waals surface area (Å²) in [6, 6.07) is 7.74. The van der Waals surface area contributed by atoms with Crippen LogP contribution in [0.4, 0.5) is 0 Å². The molecule has 0 radical (unpaired) electrons. The maximum absolute atomic E-state index is 12.0. The third-order valence-electron chi connectivity index (χ3n) is 3.97. The van der Waals surface area contributed by atoms with Crippen molar-refractivity contribution in [1.82, 2.24) is 5.32 Å². The zero-order valence-electron chi connectivity index (χ0n) is 14.3. The number of ether oxygens (including phenoxy) is 1. The van der Waals surface area contributed by atoms with Crippen LogP contribution in [-0.4, -0.2) is 30.8 Å². The molecule has 0 aliphatic heterocycles. The lowest BCUT2D eigenvalue weighted by Crippen LogP contribution is -2.43. The molecular weight excluding hydrogens is 278 g/mol. The normalized spacial score (nSPS) is 13.0. The molecule has 0 bridgehead atoms. The van der Waals surface area contributed by atoms with E-state index in [1.807, 2.05) is 52.0 Å². The number of hydrogen-bond acceptors (Lipinski definition) is 3. The van der Waals surface area contributed by atoms with Gasteiger partial charge < -0.3 is 15.2 Å². The van der Waals surface area contributed by atoms with Crippen molar-refractivity contribution in [1.29, 1.82) is 0 Å². The lowest BCUT2D eigenvalue weighted by atomic mass is 9.80. The van der Waals surface area contributed by atoms with E-state index >= 15 is 0 Å². The first-order chi connectivity index (χ1) is 10.3. The molecule has 1 unspecified atom stereocenters. The molecule has 0 aliphatic carbocycles. The zero-order chi connectivity index (χ0) is 16.8. The Hall–Kier alpha value is -1.55. The molecule has 0 spiro atoms. The van der Waals surface area contributed by atoms with Crippen LogP contribution in [0.2, 0.25) is 0 Å². The third-order valence-corrected chi connectivity index (χ3v) is 3.97. The van der Waals surface area contributed by atoms with Crippen molar-refractivity contribution in [2.24, 2.45) is 11.3 Å². The fourth-order valence-electron chi connectivity index (χ4n) is 2.47. The molecule has 0 fully saturated rings. The van der Waals surface area contributed by atoms with Gasteiger partial charge in [0, 0.05) is 18.4 Å². The fourth-order valence-corrected chi connectivity index (χ4v) is 2.47. The standard InChI is InChI=1S/C18H29NO3/c1-13(2)17(21)18(3,4)12-19-16(20)11-8-14-6-9-15(22-5)10-7-14/h6-7,9-10,13,17,21H,8,11-12H2,1-5H3,(H,19,20). The Kier molecular flexibility index (Phi) is 6.88. The molecule has 0 saturated heterocycles. The Morgan fingerprint density at radius 2 is 1.86 bits per heavy atom. The second kappa shape index (κ2) is 8.18. The average Bonchev–Trinajstić information content (AvgIpc) is 2.50. The molecule has 1 atom stereocenters. The Bertz CT molecular complexity index is 466. The molecule has 1 rings (SSSR count). The van der Waals surface area contributed by atoms with Crippen LogP contribution < -0.4 is 10.1 Å². The SMILES string of the molecule is COc1ccc(CCC(=O)NCC(C)(C)C(O)C(C)C)cc1. The minimum Gasteiger partial charge on any atom is -0.497 e. The van der Waals surface area contributed by atoms with Crippen LogP contribution in [0.25, 0.3) is 0 Å². The van der Waals surface area contributed by atoms with Gasteiger partial charge in [-0.1, -0.05) is 39.8 Å². The quantitative estimate of drug-likeness (QED) is 0.776. The van der Waals surface area contributed by atoms with Crippen LogP contribution in [0.15, 0.2) is 24.3 Å². The topological polar surface area (TPSA) is 58.6 Å². The highest BCUT2D eigenvalue weighted by Crippen LogP contribution is 2.25. The number of amides is 1. The van der Waals surface area contributed by atoms with Gasteiger partial charge in [0.05, 0.1) is 13.2 Å². The van der Waals surface area contributed by atoms with E-state index in [1.54, 1.807) is 7.11 Å². The number of carbonyl (C=O) groups is 1. The van der Waals surface area contributed by atoms with Gasteiger partial charge in [0.25, 0.3) is 0 Å². The number of methoxy groups -OCH3 is 1. The van der Waals surface area contributed by atoms with Gasteiger partial charge in [-0.15, -0.1) is 0 Å². The summed E-state index contributed by atoms with van der Waals surface area (Å²) in [5, 5.41) is 13.1. The van der Waals surface area contributed by atoms with Gasteiger partial charge >= 0.3 is 0 Å². The first-order valence-corrected chi connectivity index (χ1v) is 7.84. The molecular formula is C18H29NO3. The van der Waals surface area contributed by atoms with Gasteiger partial charge in [-0.05, 0) is 30.0 Å². The zero-order valence-corrected chi connectivity index (χ0v) is 14.3. The van der Waals surface area contributed by atoms with Crippen molar-refractivity contribution in [3.63, 3.8) is 0 Å². The van der Waals surface area contributed by atoms with Gasteiger partial charge in [0.2, 0.25) is 5.91 Å². The number of benzene rings is 1. The highest BCUT2D eigenvalue weighted by atomic mass is 16.5. The summed E-state index contributed by atoms with van der Waals surface area (Å²) in [6.07, 6.45) is 0.706. The second-order valence-electron chi connectivity index (χ2n) is 6.80. The lowest BCUT2D eigenvalue weighted by Gasteiger charge is -2.33. The van der Waals surface area contributed by atoms with Gasteiger partial charge in [-0.2, -0.15) is 0 Å². The molecule has 22 heavy (non-hydrogen) atoms. The van der Waals surface area contributed by atoms with Crippen molar-refractivity contribution >= 4 is 5.91 Å².